The van der Waals surface area contributed by atoms with Crippen LogP contribution in [0, 0.1) is 13.8 Å². The summed E-state index contributed by atoms with van der Waals surface area (Å²) in [5, 5.41) is 8.30. The number of hydrogen-bond acceptors (Lipinski definition) is 2. The van der Waals surface area contributed by atoms with Crippen molar-refractivity contribution in [3.63, 3.8) is 0 Å². The van der Waals surface area contributed by atoms with Crippen LogP contribution in [-0.4, -0.2) is 22.4 Å². The number of rotatable bonds is 7. The molecule has 1 unspecified atom stereocenters. The topological polar surface area (TPSA) is 29.9 Å². The van der Waals surface area contributed by atoms with Crippen LogP contribution in [0.3, 0.4) is 0 Å². The highest BCUT2D eigenvalue weighted by Crippen LogP contribution is 2.20. The van der Waals surface area contributed by atoms with E-state index in [1.807, 2.05) is 0 Å². The SMILES string of the molecule is CCCC(CNC(C)C)n1nc(C)c(CC)c1C. The van der Waals surface area contributed by atoms with Gasteiger partial charge in [-0.05, 0) is 32.3 Å². The second-order valence-corrected chi connectivity index (χ2v) is 5.45. The van der Waals surface area contributed by atoms with Gasteiger partial charge in [0.15, 0.2) is 0 Å². The van der Waals surface area contributed by atoms with E-state index in [0.717, 1.165) is 13.0 Å². The normalized spacial score (nSPS) is 13.3. The highest BCUT2D eigenvalue weighted by molar-refractivity contribution is 5.24. The van der Waals surface area contributed by atoms with E-state index in [1.54, 1.807) is 0 Å². The third kappa shape index (κ3) is 3.58. The Labute approximate surface area is 112 Å². The lowest BCUT2D eigenvalue weighted by Gasteiger charge is -2.21. The number of nitrogens with one attached hydrogen (secondary N) is 1. The van der Waals surface area contributed by atoms with Crippen LogP contribution in [0.15, 0.2) is 0 Å². The Kier molecular flexibility index (Phi) is 5.86. The van der Waals surface area contributed by atoms with E-state index < -0.39 is 0 Å². The number of aryl methyl sites for hydroxylation is 1. The highest BCUT2D eigenvalue weighted by atomic mass is 15.3. The van der Waals surface area contributed by atoms with E-state index in [0.29, 0.717) is 12.1 Å². The lowest BCUT2D eigenvalue weighted by molar-refractivity contribution is 0.375. The molecule has 0 spiro atoms. The van der Waals surface area contributed by atoms with Crippen molar-refractivity contribution in [3.05, 3.63) is 17.0 Å². The molecule has 0 bridgehead atoms. The first-order chi connectivity index (χ1) is 8.51. The minimum atomic E-state index is 0.483. The molecular formula is C15H29N3. The molecule has 0 aliphatic rings. The summed E-state index contributed by atoms with van der Waals surface area (Å²) in [6.45, 7) is 14.2. The first-order valence-electron chi connectivity index (χ1n) is 7.29. The van der Waals surface area contributed by atoms with Crippen molar-refractivity contribution in [2.45, 2.75) is 72.9 Å². The van der Waals surface area contributed by atoms with Crippen LogP contribution in [-0.2, 0) is 6.42 Å². The number of nitrogens with zero attached hydrogens (tertiary/aromatic N) is 2. The van der Waals surface area contributed by atoms with Crippen LogP contribution in [0.2, 0.25) is 0 Å². The monoisotopic (exact) mass is 251 g/mol. The molecule has 0 radical (unpaired) electrons. The standard InChI is InChI=1S/C15H29N3/c1-7-9-14(10-16-11(3)4)18-13(6)15(8-2)12(5)17-18/h11,14,16H,7-10H2,1-6H3. The van der Waals surface area contributed by atoms with E-state index >= 15 is 0 Å². The molecular weight excluding hydrogens is 222 g/mol. The summed E-state index contributed by atoms with van der Waals surface area (Å²) in [7, 11) is 0. The Hall–Kier alpha value is -0.830. The zero-order valence-corrected chi connectivity index (χ0v) is 12.9. The minimum Gasteiger partial charge on any atom is -0.312 e. The predicted octanol–water partition coefficient (Wildman–Crippen LogP) is 3.40. The summed E-state index contributed by atoms with van der Waals surface area (Å²) < 4.78 is 2.24. The second kappa shape index (κ2) is 6.93. The fraction of sp³-hybridized carbons (Fsp3) is 0.800. The molecule has 104 valence electrons. The summed E-state index contributed by atoms with van der Waals surface area (Å²) in [6.07, 6.45) is 3.46. The average Bonchev–Trinajstić information content (AvgIpc) is 2.59. The molecule has 18 heavy (non-hydrogen) atoms. The average molecular weight is 251 g/mol. The van der Waals surface area contributed by atoms with Gasteiger partial charge in [0.25, 0.3) is 0 Å². The van der Waals surface area contributed by atoms with Gasteiger partial charge in [0.2, 0.25) is 0 Å². The molecule has 0 aliphatic heterocycles. The quantitative estimate of drug-likeness (QED) is 0.805. The largest absolute Gasteiger partial charge is 0.312 e. The first-order valence-corrected chi connectivity index (χ1v) is 7.29. The third-order valence-electron chi connectivity index (χ3n) is 3.56. The lowest BCUT2D eigenvalue weighted by atomic mass is 10.1. The molecule has 3 heteroatoms. The Morgan fingerprint density at radius 3 is 2.33 bits per heavy atom. The zero-order valence-electron chi connectivity index (χ0n) is 12.9. The van der Waals surface area contributed by atoms with Gasteiger partial charge >= 0.3 is 0 Å². The molecule has 0 saturated carbocycles. The second-order valence-electron chi connectivity index (χ2n) is 5.45. The Morgan fingerprint density at radius 1 is 1.22 bits per heavy atom. The van der Waals surface area contributed by atoms with Crippen molar-refractivity contribution >= 4 is 0 Å². The van der Waals surface area contributed by atoms with Gasteiger partial charge < -0.3 is 5.32 Å². The molecule has 1 heterocycles. The van der Waals surface area contributed by atoms with Crippen LogP contribution in [0.4, 0.5) is 0 Å². The summed E-state index contributed by atoms with van der Waals surface area (Å²) >= 11 is 0. The van der Waals surface area contributed by atoms with Crippen LogP contribution >= 0.6 is 0 Å². The Balaban J connectivity index is 2.91. The van der Waals surface area contributed by atoms with Crippen LogP contribution in [0.1, 0.15) is 63.5 Å². The predicted molar refractivity (Wildman–Crippen MR) is 78.2 cm³/mol. The van der Waals surface area contributed by atoms with Crippen molar-refractivity contribution in [2.24, 2.45) is 0 Å². The molecule has 0 saturated heterocycles. The summed E-state index contributed by atoms with van der Waals surface area (Å²) in [4.78, 5) is 0. The maximum atomic E-state index is 4.75. The van der Waals surface area contributed by atoms with Gasteiger partial charge in [-0.15, -0.1) is 0 Å². The van der Waals surface area contributed by atoms with Crippen molar-refractivity contribution in [3.8, 4) is 0 Å². The van der Waals surface area contributed by atoms with Crippen LogP contribution < -0.4 is 5.32 Å². The van der Waals surface area contributed by atoms with Gasteiger partial charge in [0, 0.05) is 18.3 Å². The van der Waals surface area contributed by atoms with Gasteiger partial charge in [0.05, 0.1) is 11.7 Å². The zero-order chi connectivity index (χ0) is 13.7. The molecule has 1 rings (SSSR count). The highest BCUT2D eigenvalue weighted by Gasteiger charge is 2.17. The van der Waals surface area contributed by atoms with E-state index in [4.69, 9.17) is 5.10 Å². The Morgan fingerprint density at radius 2 is 1.89 bits per heavy atom. The van der Waals surface area contributed by atoms with E-state index in [9.17, 15) is 0 Å². The maximum absolute atomic E-state index is 4.75. The maximum Gasteiger partial charge on any atom is 0.0646 e. The first kappa shape index (κ1) is 15.2. The smallest absolute Gasteiger partial charge is 0.0646 e. The fourth-order valence-corrected chi connectivity index (χ4v) is 2.58. The number of aromatic nitrogens is 2. The van der Waals surface area contributed by atoms with Gasteiger partial charge in [-0.25, -0.2) is 0 Å². The lowest BCUT2D eigenvalue weighted by Crippen LogP contribution is -2.31. The molecule has 0 aliphatic carbocycles. The molecule has 3 nitrogen and oxygen atoms in total. The third-order valence-corrected chi connectivity index (χ3v) is 3.56. The number of hydrogen-bond donors (Lipinski definition) is 1. The molecule has 0 aromatic carbocycles. The van der Waals surface area contributed by atoms with Gasteiger partial charge in [-0.3, -0.25) is 4.68 Å². The van der Waals surface area contributed by atoms with Crippen LogP contribution in [0.5, 0.6) is 0 Å². The van der Waals surface area contributed by atoms with Crippen molar-refractivity contribution < 1.29 is 0 Å². The fourth-order valence-electron chi connectivity index (χ4n) is 2.58. The molecule has 1 atom stereocenters. The van der Waals surface area contributed by atoms with Crippen molar-refractivity contribution in [1.82, 2.24) is 15.1 Å². The molecule has 1 aromatic heterocycles. The van der Waals surface area contributed by atoms with Gasteiger partial charge in [-0.1, -0.05) is 34.1 Å². The summed E-state index contributed by atoms with van der Waals surface area (Å²) in [5.74, 6) is 0. The van der Waals surface area contributed by atoms with E-state index in [1.165, 1.54) is 29.8 Å². The molecule has 0 fully saturated rings. The van der Waals surface area contributed by atoms with E-state index in [-0.39, 0.29) is 0 Å². The van der Waals surface area contributed by atoms with Gasteiger partial charge in [0.1, 0.15) is 0 Å². The van der Waals surface area contributed by atoms with Crippen molar-refractivity contribution in [1.29, 1.82) is 0 Å². The summed E-state index contributed by atoms with van der Waals surface area (Å²) in [6, 6.07) is 1.02. The summed E-state index contributed by atoms with van der Waals surface area (Å²) in [5.41, 5.74) is 3.96. The molecule has 0 amide bonds. The van der Waals surface area contributed by atoms with E-state index in [2.05, 4.69) is 51.5 Å². The molecule has 1 aromatic rings. The van der Waals surface area contributed by atoms with Crippen molar-refractivity contribution in [2.75, 3.05) is 6.54 Å². The Bertz CT molecular complexity index is 366. The molecule has 1 N–H and O–H groups in total. The van der Waals surface area contributed by atoms with Gasteiger partial charge in [-0.2, -0.15) is 5.10 Å². The minimum absolute atomic E-state index is 0.483. The van der Waals surface area contributed by atoms with Crippen LogP contribution in [0.25, 0.3) is 0 Å².